The zero-order chi connectivity index (χ0) is 10.8. The fraction of sp³-hybridized carbons (Fsp3) is 0.455. The first-order valence-corrected chi connectivity index (χ1v) is 7.02. The number of nitrogens with one attached hydrogen (secondary N) is 1. The summed E-state index contributed by atoms with van der Waals surface area (Å²) in [5, 5.41) is 3.56. The molecule has 1 aromatic carbocycles. The molecule has 1 aliphatic heterocycles. The Bertz CT molecular complexity index is 479. The van der Waals surface area contributed by atoms with E-state index in [1.54, 1.807) is 0 Å². The van der Waals surface area contributed by atoms with E-state index < -0.39 is 0 Å². The Labute approximate surface area is 100 Å². The van der Waals surface area contributed by atoms with Crippen LogP contribution in [0.2, 0.25) is 0 Å². The van der Waals surface area contributed by atoms with Gasteiger partial charge in [-0.1, -0.05) is 0 Å². The van der Waals surface area contributed by atoms with Gasteiger partial charge in [-0.25, -0.2) is 0 Å². The van der Waals surface area contributed by atoms with E-state index in [4.69, 9.17) is 4.74 Å². The molecule has 3 rings (SSSR count). The Balaban J connectivity index is 1.85. The molecule has 1 saturated heterocycles. The van der Waals surface area contributed by atoms with Crippen molar-refractivity contribution in [2.45, 2.75) is 18.9 Å². The summed E-state index contributed by atoms with van der Waals surface area (Å²) in [6.45, 7) is 1.72. The second-order valence-corrected chi connectivity index (χ2v) is 5.08. The van der Waals surface area contributed by atoms with Gasteiger partial charge in [0.25, 0.3) is 0 Å². The molecule has 0 unspecified atom stereocenters. The minimum absolute atomic E-state index is 0.0514. The molecule has 0 atom stereocenters. The van der Waals surface area contributed by atoms with Gasteiger partial charge in [-0.05, 0) is 0 Å². The molecular formula is C11H13N3OSe. The minimum atomic E-state index is 0.0514. The van der Waals surface area contributed by atoms with Crippen LogP contribution in [0.3, 0.4) is 0 Å². The van der Waals surface area contributed by atoms with Crippen molar-refractivity contribution in [1.82, 2.24) is 7.96 Å². The predicted octanol–water partition coefficient (Wildman–Crippen LogP) is 1.28. The van der Waals surface area contributed by atoms with Crippen LogP contribution in [-0.4, -0.2) is 42.2 Å². The maximum atomic E-state index is 5.35. The number of ether oxygens (including phenoxy) is 1. The summed E-state index contributed by atoms with van der Waals surface area (Å²) < 4.78 is 14.2. The van der Waals surface area contributed by atoms with E-state index in [2.05, 4.69) is 19.3 Å². The number of fused-ring (bicyclic) bond motifs is 1. The molecule has 0 bridgehead atoms. The van der Waals surface area contributed by atoms with Crippen LogP contribution in [0.25, 0.3) is 11.0 Å². The Morgan fingerprint density at radius 3 is 3.00 bits per heavy atom. The fourth-order valence-electron chi connectivity index (χ4n) is 1.98. The number of rotatable bonds is 2. The Kier molecular flexibility index (Phi) is 2.91. The first-order chi connectivity index (χ1) is 7.93. The van der Waals surface area contributed by atoms with Crippen molar-refractivity contribution in [3.8, 4) is 0 Å². The number of nitrogens with zero attached hydrogens (tertiary/aromatic N) is 2. The van der Waals surface area contributed by atoms with Gasteiger partial charge in [0, 0.05) is 0 Å². The average Bonchev–Trinajstić information content (AvgIpc) is 2.80. The van der Waals surface area contributed by atoms with Crippen molar-refractivity contribution >= 4 is 31.7 Å². The molecule has 0 spiro atoms. The summed E-state index contributed by atoms with van der Waals surface area (Å²) in [7, 11) is 0. The third-order valence-corrected chi connectivity index (χ3v) is 4.01. The molecule has 1 fully saturated rings. The summed E-state index contributed by atoms with van der Waals surface area (Å²) in [4.78, 5) is 0. The Hall–Kier alpha value is -0.901. The first-order valence-electron chi connectivity index (χ1n) is 5.49. The summed E-state index contributed by atoms with van der Waals surface area (Å²) >= 11 is 0.0514. The van der Waals surface area contributed by atoms with E-state index in [0.29, 0.717) is 6.04 Å². The van der Waals surface area contributed by atoms with Gasteiger partial charge in [0.1, 0.15) is 0 Å². The molecule has 0 radical (unpaired) electrons. The van der Waals surface area contributed by atoms with Gasteiger partial charge in [0.15, 0.2) is 0 Å². The molecule has 84 valence electrons. The van der Waals surface area contributed by atoms with Crippen molar-refractivity contribution in [2.24, 2.45) is 0 Å². The second-order valence-electron chi connectivity index (χ2n) is 3.97. The number of anilines is 1. The van der Waals surface area contributed by atoms with Crippen LogP contribution < -0.4 is 5.32 Å². The van der Waals surface area contributed by atoms with Gasteiger partial charge in [-0.2, -0.15) is 0 Å². The van der Waals surface area contributed by atoms with Gasteiger partial charge in [0.05, 0.1) is 0 Å². The summed E-state index contributed by atoms with van der Waals surface area (Å²) in [5.74, 6) is 0. The normalized spacial score (nSPS) is 17.8. The number of benzene rings is 1. The fourth-order valence-corrected chi connectivity index (χ4v) is 3.14. The zero-order valence-electron chi connectivity index (χ0n) is 8.85. The van der Waals surface area contributed by atoms with Crippen LogP contribution in [0.1, 0.15) is 12.8 Å². The molecule has 16 heavy (non-hydrogen) atoms. The molecular weight excluding hydrogens is 269 g/mol. The van der Waals surface area contributed by atoms with Crippen LogP contribution in [0.15, 0.2) is 18.2 Å². The zero-order valence-corrected chi connectivity index (χ0v) is 10.6. The Morgan fingerprint density at radius 2 is 2.12 bits per heavy atom. The summed E-state index contributed by atoms with van der Waals surface area (Å²) in [5.41, 5.74) is 3.22. The van der Waals surface area contributed by atoms with Gasteiger partial charge in [-0.15, -0.1) is 0 Å². The standard InChI is InChI=1S/C11H13N3OSe/c1-2-9(11-10(3-1)13-16-14-11)12-8-4-6-15-7-5-8/h1-3,8,12H,4-7H2. The van der Waals surface area contributed by atoms with Crippen LogP contribution in [0, 0.1) is 0 Å². The van der Waals surface area contributed by atoms with Crippen molar-refractivity contribution < 1.29 is 4.74 Å². The van der Waals surface area contributed by atoms with E-state index in [-0.39, 0.29) is 15.0 Å². The van der Waals surface area contributed by atoms with Gasteiger partial charge in [0.2, 0.25) is 0 Å². The SMILES string of the molecule is c1cc(NC2CCOCC2)c2n[se]nc2c1. The molecule has 0 aliphatic carbocycles. The summed E-state index contributed by atoms with van der Waals surface area (Å²) in [6, 6.07) is 6.68. The van der Waals surface area contributed by atoms with Gasteiger partial charge in [-0.3, -0.25) is 0 Å². The maximum absolute atomic E-state index is 5.35. The van der Waals surface area contributed by atoms with Crippen LogP contribution in [0.4, 0.5) is 5.69 Å². The molecule has 5 heteroatoms. The van der Waals surface area contributed by atoms with Crippen LogP contribution in [0.5, 0.6) is 0 Å². The monoisotopic (exact) mass is 283 g/mol. The molecule has 1 aliphatic rings. The molecule has 4 nitrogen and oxygen atoms in total. The van der Waals surface area contributed by atoms with E-state index >= 15 is 0 Å². The number of aromatic nitrogens is 2. The first kappa shape index (κ1) is 10.3. The van der Waals surface area contributed by atoms with E-state index in [9.17, 15) is 0 Å². The quantitative estimate of drug-likeness (QED) is 0.843. The van der Waals surface area contributed by atoms with Gasteiger partial charge >= 0.3 is 100.0 Å². The molecule has 0 saturated carbocycles. The van der Waals surface area contributed by atoms with Gasteiger partial charge < -0.3 is 0 Å². The van der Waals surface area contributed by atoms with Crippen LogP contribution in [-0.2, 0) is 4.74 Å². The van der Waals surface area contributed by atoms with Crippen molar-refractivity contribution in [2.75, 3.05) is 18.5 Å². The Morgan fingerprint density at radius 1 is 1.25 bits per heavy atom. The number of hydrogen-bond donors (Lipinski definition) is 1. The van der Waals surface area contributed by atoms with Crippen molar-refractivity contribution in [1.29, 1.82) is 0 Å². The average molecular weight is 282 g/mol. The predicted molar refractivity (Wildman–Crippen MR) is 63.9 cm³/mol. The molecule has 2 heterocycles. The topological polar surface area (TPSA) is 47.0 Å². The van der Waals surface area contributed by atoms with E-state index in [1.165, 1.54) is 0 Å². The number of hydrogen-bond acceptors (Lipinski definition) is 4. The molecule has 1 aromatic heterocycles. The molecule has 2 aromatic rings. The van der Waals surface area contributed by atoms with Crippen LogP contribution >= 0.6 is 0 Å². The molecule has 1 N–H and O–H groups in total. The second kappa shape index (κ2) is 4.53. The summed E-state index contributed by atoms with van der Waals surface area (Å²) in [6.07, 6.45) is 2.15. The van der Waals surface area contributed by atoms with Crippen molar-refractivity contribution in [3.63, 3.8) is 0 Å². The molecule has 0 amide bonds. The van der Waals surface area contributed by atoms with E-state index in [1.807, 2.05) is 12.1 Å². The van der Waals surface area contributed by atoms with Crippen molar-refractivity contribution in [3.05, 3.63) is 18.2 Å². The van der Waals surface area contributed by atoms with E-state index in [0.717, 1.165) is 42.8 Å². The third kappa shape index (κ3) is 1.98. The third-order valence-electron chi connectivity index (χ3n) is 2.87.